The summed E-state index contributed by atoms with van der Waals surface area (Å²) in [4.78, 5) is 8.77. The molecular formula is C21H15N3OS. The molecule has 26 heavy (non-hydrogen) atoms. The molecule has 1 N–H and O–H groups in total. The number of hydrogen-bond acceptors (Lipinski definition) is 5. The van der Waals surface area contributed by atoms with E-state index in [-0.39, 0.29) is 0 Å². The zero-order valence-corrected chi connectivity index (χ0v) is 14.7. The van der Waals surface area contributed by atoms with Crippen molar-refractivity contribution in [3.05, 3.63) is 78.8 Å². The van der Waals surface area contributed by atoms with Gasteiger partial charge in [-0.15, -0.1) is 0 Å². The zero-order chi connectivity index (χ0) is 17.3. The molecule has 3 aromatic heterocycles. The fourth-order valence-electron chi connectivity index (χ4n) is 3.03. The van der Waals surface area contributed by atoms with E-state index in [2.05, 4.69) is 40.6 Å². The van der Waals surface area contributed by atoms with Crippen LogP contribution in [0, 0.1) is 0 Å². The predicted molar refractivity (Wildman–Crippen MR) is 106 cm³/mol. The van der Waals surface area contributed by atoms with Gasteiger partial charge in [-0.25, -0.2) is 4.98 Å². The number of rotatable bonds is 4. The molecule has 5 heteroatoms. The van der Waals surface area contributed by atoms with E-state index in [9.17, 15) is 0 Å². The van der Waals surface area contributed by atoms with Crippen molar-refractivity contribution in [2.24, 2.45) is 0 Å². The van der Waals surface area contributed by atoms with Gasteiger partial charge in [-0.3, -0.25) is 4.98 Å². The van der Waals surface area contributed by atoms with Crippen LogP contribution in [0.5, 0.6) is 0 Å². The molecular weight excluding hydrogens is 342 g/mol. The highest BCUT2D eigenvalue weighted by Crippen LogP contribution is 2.30. The lowest BCUT2D eigenvalue weighted by molar-refractivity contribution is 0.616. The number of anilines is 1. The smallest absolute Gasteiger partial charge is 0.184 e. The maximum atomic E-state index is 5.39. The van der Waals surface area contributed by atoms with Crippen molar-refractivity contribution in [2.45, 2.75) is 6.54 Å². The first-order valence-electron chi connectivity index (χ1n) is 8.36. The molecule has 0 fully saturated rings. The van der Waals surface area contributed by atoms with E-state index in [4.69, 9.17) is 9.40 Å². The Morgan fingerprint density at radius 2 is 1.85 bits per heavy atom. The van der Waals surface area contributed by atoms with E-state index < -0.39 is 0 Å². The molecule has 0 saturated carbocycles. The Morgan fingerprint density at radius 3 is 2.77 bits per heavy atom. The molecule has 0 atom stereocenters. The van der Waals surface area contributed by atoms with Gasteiger partial charge in [0.25, 0.3) is 0 Å². The summed E-state index contributed by atoms with van der Waals surface area (Å²) in [5, 5.41) is 5.48. The summed E-state index contributed by atoms with van der Waals surface area (Å²) in [5.74, 6) is 0. The summed E-state index contributed by atoms with van der Waals surface area (Å²) >= 11 is 1.67. The molecule has 126 valence electrons. The molecule has 0 spiro atoms. The molecule has 3 heterocycles. The van der Waals surface area contributed by atoms with Crippen LogP contribution in [0.2, 0.25) is 0 Å². The zero-order valence-electron chi connectivity index (χ0n) is 13.8. The van der Waals surface area contributed by atoms with Crippen LogP contribution in [0.4, 0.5) is 5.13 Å². The van der Waals surface area contributed by atoms with Crippen molar-refractivity contribution in [3.63, 3.8) is 0 Å². The molecule has 0 bridgehead atoms. The lowest BCUT2D eigenvalue weighted by atomic mass is 10.1. The van der Waals surface area contributed by atoms with Gasteiger partial charge in [-0.05, 0) is 59.2 Å². The topological polar surface area (TPSA) is 51.0 Å². The molecule has 0 unspecified atom stereocenters. The normalized spacial score (nSPS) is 11.2. The third-order valence-corrected chi connectivity index (χ3v) is 5.34. The minimum Gasteiger partial charge on any atom is -0.464 e. The van der Waals surface area contributed by atoms with Gasteiger partial charge in [0, 0.05) is 24.3 Å². The lowest BCUT2D eigenvalue weighted by Gasteiger charge is -2.02. The first-order valence-corrected chi connectivity index (χ1v) is 9.18. The van der Waals surface area contributed by atoms with Crippen LogP contribution in [-0.2, 0) is 6.54 Å². The monoisotopic (exact) mass is 357 g/mol. The van der Waals surface area contributed by atoms with Gasteiger partial charge in [0.1, 0.15) is 5.58 Å². The van der Waals surface area contributed by atoms with Crippen LogP contribution in [-0.4, -0.2) is 9.97 Å². The van der Waals surface area contributed by atoms with Gasteiger partial charge in [-0.1, -0.05) is 23.5 Å². The summed E-state index contributed by atoms with van der Waals surface area (Å²) in [6.07, 6.45) is 5.35. The first-order chi connectivity index (χ1) is 12.8. The number of nitrogens with one attached hydrogen (secondary N) is 1. The van der Waals surface area contributed by atoms with E-state index in [1.165, 1.54) is 21.4 Å². The minimum absolute atomic E-state index is 0.734. The number of aromatic nitrogens is 2. The van der Waals surface area contributed by atoms with Gasteiger partial charge in [0.2, 0.25) is 0 Å². The van der Waals surface area contributed by atoms with Crippen molar-refractivity contribution in [1.29, 1.82) is 0 Å². The second-order valence-corrected chi connectivity index (χ2v) is 7.11. The lowest BCUT2D eigenvalue weighted by Crippen LogP contribution is -1.98. The molecule has 0 aliphatic heterocycles. The molecule has 0 amide bonds. The summed E-state index contributed by atoms with van der Waals surface area (Å²) in [5.41, 5.74) is 5.48. The van der Waals surface area contributed by atoms with Gasteiger partial charge in [-0.2, -0.15) is 0 Å². The van der Waals surface area contributed by atoms with E-state index in [1.807, 2.05) is 36.7 Å². The summed E-state index contributed by atoms with van der Waals surface area (Å²) in [6.45, 7) is 0.734. The highest BCUT2D eigenvalue weighted by atomic mass is 32.1. The molecule has 5 rings (SSSR count). The quantitative estimate of drug-likeness (QED) is 0.447. The maximum absolute atomic E-state index is 5.39. The number of fused-ring (bicyclic) bond motifs is 2. The van der Waals surface area contributed by atoms with E-state index in [0.29, 0.717) is 0 Å². The Hall–Kier alpha value is -3.18. The number of hydrogen-bond donors (Lipinski definition) is 1. The van der Waals surface area contributed by atoms with E-state index in [0.717, 1.165) is 28.2 Å². The molecule has 0 saturated heterocycles. The fraction of sp³-hybridized carbons (Fsp3) is 0.0476. The van der Waals surface area contributed by atoms with Crippen molar-refractivity contribution in [3.8, 4) is 11.1 Å². The van der Waals surface area contributed by atoms with Gasteiger partial charge in [0.15, 0.2) is 5.13 Å². The highest BCUT2D eigenvalue weighted by Gasteiger charge is 2.06. The molecule has 0 aliphatic carbocycles. The maximum Gasteiger partial charge on any atom is 0.184 e. The van der Waals surface area contributed by atoms with Crippen LogP contribution >= 0.6 is 11.3 Å². The summed E-state index contributed by atoms with van der Waals surface area (Å²) in [7, 11) is 0. The largest absolute Gasteiger partial charge is 0.464 e. The van der Waals surface area contributed by atoms with Crippen LogP contribution in [0.25, 0.3) is 32.3 Å². The molecule has 0 radical (unpaired) electrons. The van der Waals surface area contributed by atoms with Crippen LogP contribution < -0.4 is 5.32 Å². The van der Waals surface area contributed by atoms with Crippen LogP contribution in [0.1, 0.15) is 5.56 Å². The van der Waals surface area contributed by atoms with Crippen LogP contribution in [0.3, 0.4) is 0 Å². The fourth-order valence-corrected chi connectivity index (χ4v) is 3.93. The summed E-state index contributed by atoms with van der Waals surface area (Å²) in [6, 6.07) is 18.6. The molecule has 2 aromatic carbocycles. The van der Waals surface area contributed by atoms with Crippen molar-refractivity contribution in [2.75, 3.05) is 5.32 Å². The van der Waals surface area contributed by atoms with Crippen LogP contribution in [0.15, 0.2) is 77.7 Å². The highest BCUT2D eigenvalue weighted by molar-refractivity contribution is 7.22. The van der Waals surface area contributed by atoms with Gasteiger partial charge >= 0.3 is 0 Å². The Kier molecular flexibility index (Phi) is 3.65. The SMILES string of the molecule is c1cc(-c2ccc3nc(NCc4ccc5occc5c4)sc3c2)ccn1. The Morgan fingerprint density at radius 1 is 0.923 bits per heavy atom. The van der Waals surface area contributed by atoms with E-state index in [1.54, 1.807) is 17.6 Å². The second-order valence-electron chi connectivity index (χ2n) is 6.08. The molecule has 5 aromatic rings. The number of nitrogens with zero attached hydrogens (tertiary/aromatic N) is 2. The molecule has 4 nitrogen and oxygen atoms in total. The third-order valence-electron chi connectivity index (χ3n) is 4.36. The van der Waals surface area contributed by atoms with Gasteiger partial charge < -0.3 is 9.73 Å². The Balaban J connectivity index is 1.39. The summed E-state index contributed by atoms with van der Waals surface area (Å²) < 4.78 is 6.56. The predicted octanol–water partition coefficient (Wildman–Crippen LogP) is 5.72. The van der Waals surface area contributed by atoms with Crippen molar-refractivity contribution in [1.82, 2.24) is 9.97 Å². The molecule has 0 aliphatic rings. The van der Waals surface area contributed by atoms with Crippen molar-refractivity contribution < 1.29 is 4.42 Å². The Bertz CT molecular complexity index is 1190. The average molecular weight is 357 g/mol. The Labute approximate surface area is 154 Å². The second kappa shape index (κ2) is 6.28. The van der Waals surface area contributed by atoms with Gasteiger partial charge in [0.05, 0.1) is 16.5 Å². The number of furan rings is 1. The average Bonchev–Trinajstić information content (AvgIpc) is 3.32. The number of pyridine rings is 1. The standard InChI is InChI=1S/C21H15N3OS/c1-4-19-17(7-10-25-19)11-14(1)13-23-21-24-18-3-2-16(12-20(18)26-21)15-5-8-22-9-6-15/h1-12H,13H2,(H,23,24). The van der Waals surface area contributed by atoms with Crippen molar-refractivity contribution >= 4 is 37.7 Å². The minimum atomic E-state index is 0.734. The number of thiazole rings is 1. The third kappa shape index (κ3) is 2.82. The number of benzene rings is 2. The van der Waals surface area contributed by atoms with E-state index >= 15 is 0 Å². The first kappa shape index (κ1) is 15.1.